The van der Waals surface area contributed by atoms with Gasteiger partial charge in [0, 0.05) is 11.9 Å². The summed E-state index contributed by atoms with van der Waals surface area (Å²) in [5.41, 5.74) is -0.0794. The number of halogens is 1. The standard InChI is InChI=1S/C11H14BrNO3/c1-7(5-12)6-13-11(16)10-8(14)3-2-4-9(10)15/h2-4,7,14-15H,5-6H2,1H3,(H,13,16). The van der Waals surface area contributed by atoms with Crippen molar-refractivity contribution in [2.24, 2.45) is 5.92 Å². The molecule has 0 saturated carbocycles. The third-order valence-corrected chi connectivity index (χ3v) is 3.23. The van der Waals surface area contributed by atoms with Crippen LogP contribution < -0.4 is 5.32 Å². The summed E-state index contributed by atoms with van der Waals surface area (Å²) in [6.07, 6.45) is 0. The molecule has 0 aliphatic carbocycles. The van der Waals surface area contributed by atoms with Gasteiger partial charge in [0.05, 0.1) is 0 Å². The van der Waals surface area contributed by atoms with Crippen LogP contribution >= 0.6 is 15.9 Å². The molecule has 1 rings (SSSR count). The molecule has 3 N–H and O–H groups in total. The van der Waals surface area contributed by atoms with E-state index >= 15 is 0 Å². The Balaban J connectivity index is 2.73. The number of carbonyl (C=O) groups is 1. The molecule has 1 atom stereocenters. The highest BCUT2D eigenvalue weighted by Crippen LogP contribution is 2.25. The number of alkyl halides is 1. The lowest BCUT2D eigenvalue weighted by Gasteiger charge is -2.11. The number of hydrogen-bond donors (Lipinski definition) is 3. The monoisotopic (exact) mass is 287 g/mol. The van der Waals surface area contributed by atoms with Gasteiger partial charge in [0.2, 0.25) is 0 Å². The van der Waals surface area contributed by atoms with Gasteiger partial charge in [-0.25, -0.2) is 0 Å². The van der Waals surface area contributed by atoms with Crippen molar-refractivity contribution in [2.45, 2.75) is 6.92 Å². The Morgan fingerprint density at radius 2 is 2.00 bits per heavy atom. The van der Waals surface area contributed by atoms with E-state index in [0.717, 1.165) is 5.33 Å². The minimum Gasteiger partial charge on any atom is -0.507 e. The van der Waals surface area contributed by atoms with Crippen molar-refractivity contribution in [3.63, 3.8) is 0 Å². The van der Waals surface area contributed by atoms with Crippen LogP contribution in [0.5, 0.6) is 11.5 Å². The number of benzene rings is 1. The zero-order valence-corrected chi connectivity index (χ0v) is 10.5. The number of carbonyl (C=O) groups excluding carboxylic acids is 1. The maximum absolute atomic E-state index is 11.7. The fourth-order valence-electron chi connectivity index (χ4n) is 1.17. The zero-order chi connectivity index (χ0) is 12.1. The highest BCUT2D eigenvalue weighted by Gasteiger charge is 2.15. The molecule has 0 aromatic heterocycles. The number of phenols is 2. The Hall–Kier alpha value is -1.23. The van der Waals surface area contributed by atoms with Crippen LogP contribution in [0, 0.1) is 5.92 Å². The molecular formula is C11H14BrNO3. The van der Waals surface area contributed by atoms with Crippen molar-refractivity contribution < 1.29 is 15.0 Å². The topological polar surface area (TPSA) is 69.6 Å². The Morgan fingerprint density at radius 3 is 2.50 bits per heavy atom. The van der Waals surface area contributed by atoms with Crippen LogP contribution in [0.25, 0.3) is 0 Å². The summed E-state index contributed by atoms with van der Waals surface area (Å²) in [5.74, 6) is -0.617. The number of amides is 1. The van der Waals surface area contributed by atoms with E-state index < -0.39 is 5.91 Å². The average Bonchev–Trinajstić information content (AvgIpc) is 2.25. The molecule has 1 amide bonds. The molecule has 1 aromatic carbocycles. The van der Waals surface area contributed by atoms with Crippen LogP contribution in [0.1, 0.15) is 17.3 Å². The molecule has 1 unspecified atom stereocenters. The second-order valence-electron chi connectivity index (χ2n) is 3.64. The molecule has 0 fully saturated rings. The Labute approximate surface area is 102 Å². The first-order chi connectivity index (χ1) is 7.56. The maximum Gasteiger partial charge on any atom is 0.258 e. The molecule has 0 radical (unpaired) electrons. The molecule has 0 saturated heterocycles. The van der Waals surface area contributed by atoms with E-state index in [1.165, 1.54) is 18.2 Å². The summed E-state index contributed by atoms with van der Waals surface area (Å²) in [6.45, 7) is 2.46. The van der Waals surface area contributed by atoms with E-state index in [0.29, 0.717) is 6.54 Å². The van der Waals surface area contributed by atoms with Crippen molar-refractivity contribution in [3.05, 3.63) is 23.8 Å². The summed E-state index contributed by atoms with van der Waals surface area (Å²) in [5, 5.41) is 22.3. The summed E-state index contributed by atoms with van der Waals surface area (Å²) in [7, 11) is 0. The number of nitrogens with one attached hydrogen (secondary N) is 1. The highest BCUT2D eigenvalue weighted by atomic mass is 79.9. The second-order valence-corrected chi connectivity index (χ2v) is 4.29. The molecule has 1 aromatic rings. The van der Waals surface area contributed by atoms with E-state index in [1.54, 1.807) is 0 Å². The lowest BCUT2D eigenvalue weighted by molar-refractivity contribution is 0.0944. The van der Waals surface area contributed by atoms with E-state index in [1.807, 2.05) is 6.92 Å². The number of rotatable bonds is 4. The predicted molar refractivity (Wildman–Crippen MR) is 65.1 cm³/mol. The van der Waals surface area contributed by atoms with Gasteiger partial charge in [0.1, 0.15) is 17.1 Å². The zero-order valence-electron chi connectivity index (χ0n) is 8.90. The quantitative estimate of drug-likeness (QED) is 0.741. The summed E-state index contributed by atoms with van der Waals surface area (Å²) in [6, 6.07) is 4.20. The first-order valence-corrected chi connectivity index (χ1v) is 6.03. The molecule has 0 spiro atoms. The van der Waals surface area contributed by atoms with Gasteiger partial charge in [-0.2, -0.15) is 0 Å². The molecule has 5 heteroatoms. The average molecular weight is 288 g/mol. The molecular weight excluding hydrogens is 274 g/mol. The van der Waals surface area contributed by atoms with Crippen LogP contribution in [0.2, 0.25) is 0 Å². The van der Waals surface area contributed by atoms with Gasteiger partial charge in [-0.1, -0.05) is 28.9 Å². The molecule has 0 bridgehead atoms. The normalized spacial score (nSPS) is 12.1. The Morgan fingerprint density at radius 1 is 1.44 bits per heavy atom. The molecule has 16 heavy (non-hydrogen) atoms. The SMILES string of the molecule is CC(CBr)CNC(=O)c1c(O)cccc1O. The predicted octanol–water partition coefficient (Wildman–Crippen LogP) is 1.86. The number of aromatic hydroxyl groups is 2. The summed E-state index contributed by atoms with van der Waals surface area (Å²) >= 11 is 3.30. The first-order valence-electron chi connectivity index (χ1n) is 4.91. The van der Waals surface area contributed by atoms with Crippen LogP contribution in [-0.4, -0.2) is 28.0 Å². The summed E-state index contributed by atoms with van der Waals surface area (Å²) in [4.78, 5) is 11.7. The fraction of sp³-hybridized carbons (Fsp3) is 0.364. The van der Waals surface area contributed by atoms with Crippen molar-refractivity contribution >= 4 is 21.8 Å². The van der Waals surface area contributed by atoms with Crippen molar-refractivity contribution in [1.29, 1.82) is 0 Å². The number of phenolic OH excluding ortho intramolecular Hbond substituents is 2. The minimum absolute atomic E-state index is 0.0794. The highest BCUT2D eigenvalue weighted by molar-refractivity contribution is 9.09. The van der Waals surface area contributed by atoms with Crippen LogP contribution in [0.3, 0.4) is 0 Å². The van der Waals surface area contributed by atoms with Gasteiger partial charge in [-0.3, -0.25) is 4.79 Å². The molecule has 4 nitrogen and oxygen atoms in total. The van der Waals surface area contributed by atoms with Crippen molar-refractivity contribution in [3.8, 4) is 11.5 Å². The van der Waals surface area contributed by atoms with E-state index in [-0.39, 0.29) is 23.0 Å². The first kappa shape index (κ1) is 12.8. The Kier molecular flexibility index (Phi) is 4.61. The largest absolute Gasteiger partial charge is 0.507 e. The van der Waals surface area contributed by atoms with Crippen LogP contribution in [0.4, 0.5) is 0 Å². The fourth-order valence-corrected chi connectivity index (χ4v) is 1.40. The van der Waals surface area contributed by atoms with Crippen molar-refractivity contribution in [2.75, 3.05) is 11.9 Å². The molecule has 0 aliphatic heterocycles. The summed E-state index contributed by atoms with van der Waals surface area (Å²) < 4.78 is 0. The second kappa shape index (κ2) is 5.75. The van der Waals surface area contributed by atoms with E-state index in [4.69, 9.17) is 0 Å². The van der Waals surface area contributed by atoms with Crippen molar-refractivity contribution in [1.82, 2.24) is 5.32 Å². The van der Waals surface area contributed by atoms with Crippen LogP contribution in [0.15, 0.2) is 18.2 Å². The third kappa shape index (κ3) is 3.13. The van der Waals surface area contributed by atoms with Gasteiger partial charge < -0.3 is 15.5 Å². The third-order valence-electron chi connectivity index (χ3n) is 2.12. The lowest BCUT2D eigenvalue weighted by atomic mass is 10.1. The Bertz CT molecular complexity index is 361. The molecule has 0 heterocycles. The lowest BCUT2D eigenvalue weighted by Crippen LogP contribution is -2.28. The van der Waals surface area contributed by atoms with Gasteiger partial charge in [0.15, 0.2) is 0 Å². The van der Waals surface area contributed by atoms with E-state index in [9.17, 15) is 15.0 Å². The van der Waals surface area contributed by atoms with Crippen LogP contribution in [-0.2, 0) is 0 Å². The van der Waals surface area contributed by atoms with Gasteiger partial charge in [0.25, 0.3) is 5.91 Å². The maximum atomic E-state index is 11.7. The van der Waals surface area contributed by atoms with E-state index in [2.05, 4.69) is 21.2 Å². The smallest absolute Gasteiger partial charge is 0.258 e. The van der Waals surface area contributed by atoms with Gasteiger partial charge >= 0.3 is 0 Å². The molecule has 88 valence electrons. The van der Waals surface area contributed by atoms with Gasteiger partial charge in [-0.05, 0) is 18.1 Å². The van der Waals surface area contributed by atoms with Gasteiger partial charge in [-0.15, -0.1) is 0 Å². The number of hydrogen-bond acceptors (Lipinski definition) is 3. The molecule has 0 aliphatic rings. The minimum atomic E-state index is -0.469.